The van der Waals surface area contributed by atoms with Crippen molar-refractivity contribution in [1.29, 1.82) is 0 Å². The molecule has 236 valence electrons. The average molecular weight is 659 g/mol. The maximum atomic E-state index is 16.0. The summed E-state index contributed by atoms with van der Waals surface area (Å²) in [4.78, 5) is 0. The number of hydrogen-bond acceptors (Lipinski definition) is 3. The molecule has 0 aliphatic carbocycles. The van der Waals surface area contributed by atoms with Crippen molar-refractivity contribution < 1.29 is 53.4 Å². The molecule has 4 aromatic rings. The summed E-state index contributed by atoms with van der Waals surface area (Å²) in [5.74, 6) is -18.6. The van der Waals surface area contributed by atoms with Gasteiger partial charge in [-0.1, -0.05) is 24.3 Å². The van der Waals surface area contributed by atoms with Crippen molar-refractivity contribution in [2.75, 3.05) is 14.2 Å². The first kappa shape index (κ1) is 33.5. The predicted octanol–water partition coefficient (Wildman–Crippen LogP) is 10.7. The minimum absolute atomic E-state index is 0.109. The van der Waals surface area contributed by atoms with Gasteiger partial charge in [-0.3, -0.25) is 0 Å². The fourth-order valence-corrected chi connectivity index (χ4v) is 5.49. The van der Waals surface area contributed by atoms with Crippen LogP contribution in [-0.4, -0.2) is 14.2 Å². The summed E-state index contributed by atoms with van der Waals surface area (Å²) >= 11 is 0.204. The molecule has 2 atom stereocenters. The molecule has 13 heteroatoms. The van der Waals surface area contributed by atoms with Gasteiger partial charge in [-0.2, -0.15) is 0 Å². The smallest absolute Gasteiger partial charge is 0.195 e. The topological polar surface area (TPSA) is 18.5 Å². The molecule has 0 aromatic heterocycles. The van der Waals surface area contributed by atoms with Crippen LogP contribution in [0, 0.1) is 34.9 Å². The molecule has 4 rings (SSSR count). The normalized spacial score (nSPS) is 14.0. The van der Waals surface area contributed by atoms with E-state index in [1.165, 1.54) is 62.8 Å². The summed E-state index contributed by atoms with van der Waals surface area (Å²) in [5, 5.41) is -3.88. The van der Waals surface area contributed by atoms with Gasteiger partial charge in [-0.05, 0) is 59.7 Å². The molecule has 0 fully saturated rings. The van der Waals surface area contributed by atoms with E-state index in [1.54, 1.807) is 0 Å². The standard InChI is InChI=1S/C32H20F10O2S/c1-43-17-7-3-15(4-8-17)31(29(41)25(37)19-11-13-21(33)27(39)23(19)35)45-32(16-5-9-18(44-2)10-6-16)30(42)26(38)20-12-14-22(34)28(40)24(20)36/h3-14,31-32H,1-2H3/b29-25-,30-26?. The molecule has 2 unspecified atom stereocenters. The molecule has 45 heavy (non-hydrogen) atoms. The lowest BCUT2D eigenvalue weighted by molar-refractivity contribution is 0.414. The van der Waals surface area contributed by atoms with E-state index in [-0.39, 0.29) is 34.4 Å². The first-order valence-electron chi connectivity index (χ1n) is 12.7. The zero-order chi connectivity index (χ0) is 33.0. The lowest BCUT2D eigenvalue weighted by atomic mass is 10.1. The molecule has 0 spiro atoms. The van der Waals surface area contributed by atoms with Crippen LogP contribution >= 0.6 is 11.8 Å². The molecular weight excluding hydrogens is 638 g/mol. The van der Waals surface area contributed by atoms with Crippen LogP contribution in [0.25, 0.3) is 11.7 Å². The summed E-state index contributed by atoms with van der Waals surface area (Å²) < 4.78 is 157. The number of benzene rings is 4. The molecule has 0 aliphatic heterocycles. The Kier molecular flexibility index (Phi) is 10.5. The molecule has 0 radical (unpaired) electrons. The molecular formula is C32H20F10O2S. The summed E-state index contributed by atoms with van der Waals surface area (Å²) in [6.45, 7) is 0. The van der Waals surface area contributed by atoms with E-state index < -0.39 is 79.8 Å². The Labute approximate surface area is 254 Å². The van der Waals surface area contributed by atoms with Gasteiger partial charge in [0.25, 0.3) is 0 Å². The van der Waals surface area contributed by atoms with Gasteiger partial charge in [-0.15, -0.1) is 11.8 Å². The quantitative estimate of drug-likeness (QED) is 0.125. The molecule has 0 saturated heterocycles. The van der Waals surface area contributed by atoms with Crippen molar-refractivity contribution in [2.45, 2.75) is 10.5 Å². The van der Waals surface area contributed by atoms with Crippen molar-refractivity contribution in [2.24, 2.45) is 0 Å². The van der Waals surface area contributed by atoms with Crippen LogP contribution in [0.2, 0.25) is 0 Å². The highest BCUT2D eigenvalue weighted by atomic mass is 32.2. The minimum Gasteiger partial charge on any atom is -0.497 e. The van der Waals surface area contributed by atoms with Crippen LogP contribution in [0.5, 0.6) is 11.5 Å². The van der Waals surface area contributed by atoms with Crippen LogP contribution in [0.1, 0.15) is 32.8 Å². The monoisotopic (exact) mass is 658 g/mol. The third-order valence-electron chi connectivity index (χ3n) is 6.53. The van der Waals surface area contributed by atoms with E-state index in [0.29, 0.717) is 24.3 Å². The Morgan fingerprint density at radius 2 is 0.822 bits per heavy atom. The van der Waals surface area contributed by atoms with E-state index in [0.717, 1.165) is 0 Å². The molecule has 2 nitrogen and oxygen atoms in total. The molecule has 0 amide bonds. The van der Waals surface area contributed by atoms with Crippen LogP contribution in [-0.2, 0) is 0 Å². The van der Waals surface area contributed by atoms with Gasteiger partial charge < -0.3 is 9.47 Å². The van der Waals surface area contributed by atoms with E-state index in [9.17, 15) is 26.3 Å². The molecule has 4 aromatic carbocycles. The fraction of sp³-hybridized carbons (Fsp3) is 0.125. The highest BCUT2D eigenvalue weighted by molar-refractivity contribution is 8.00. The van der Waals surface area contributed by atoms with E-state index in [2.05, 4.69) is 0 Å². The minimum atomic E-state index is -2.08. The number of rotatable bonds is 10. The SMILES string of the molecule is COc1ccc(C(SC(/C(F)=C(/F)c2ccc(F)c(F)c2F)c2ccc(OC)cc2)C(F)=C(F)c2ccc(F)c(F)c2F)cc1. The number of methoxy groups -OCH3 is 2. The van der Waals surface area contributed by atoms with E-state index in [4.69, 9.17) is 9.47 Å². The molecule has 0 saturated carbocycles. The molecule has 0 aliphatic rings. The third kappa shape index (κ3) is 6.98. The van der Waals surface area contributed by atoms with Crippen molar-refractivity contribution in [1.82, 2.24) is 0 Å². The second-order valence-corrected chi connectivity index (χ2v) is 10.4. The highest BCUT2D eigenvalue weighted by Gasteiger charge is 2.33. The van der Waals surface area contributed by atoms with Gasteiger partial charge in [0.05, 0.1) is 35.8 Å². The Balaban J connectivity index is 1.93. The van der Waals surface area contributed by atoms with Crippen molar-refractivity contribution in [3.05, 3.63) is 142 Å². The second kappa shape index (κ2) is 14.1. The van der Waals surface area contributed by atoms with Gasteiger partial charge in [0.15, 0.2) is 58.2 Å². The zero-order valence-corrected chi connectivity index (χ0v) is 23.9. The average Bonchev–Trinajstić information content (AvgIpc) is 3.06. The van der Waals surface area contributed by atoms with Gasteiger partial charge in [0.2, 0.25) is 0 Å². The fourth-order valence-electron chi connectivity index (χ4n) is 4.14. The van der Waals surface area contributed by atoms with Gasteiger partial charge in [0.1, 0.15) is 11.5 Å². The molecule has 0 heterocycles. The van der Waals surface area contributed by atoms with Crippen LogP contribution in [0.3, 0.4) is 0 Å². The molecule has 0 N–H and O–H groups in total. The summed E-state index contributed by atoms with van der Waals surface area (Å²) in [6.07, 6.45) is 0. The zero-order valence-electron chi connectivity index (χ0n) is 23.1. The maximum Gasteiger partial charge on any atom is 0.195 e. The largest absolute Gasteiger partial charge is 0.497 e. The van der Waals surface area contributed by atoms with Crippen LogP contribution < -0.4 is 9.47 Å². The highest BCUT2D eigenvalue weighted by Crippen LogP contribution is 2.52. The van der Waals surface area contributed by atoms with Crippen molar-refractivity contribution in [3.63, 3.8) is 0 Å². The van der Waals surface area contributed by atoms with Crippen molar-refractivity contribution in [3.8, 4) is 11.5 Å². The Bertz CT molecular complexity index is 1630. The first-order chi connectivity index (χ1) is 21.4. The number of hydrogen-bond donors (Lipinski definition) is 0. The second-order valence-electron chi connectivity index (χ2n) is 9.21. The van der Waals surface area contributed by atoms with Crippen LogP contribution in [0.4, 0.5) is 43.9 Å². The molecule has 0 bridgehead atoms. The number of ether oxygens (including phenoxy) is 2. The number of thioether (sulfide) groups is 1. The van der Waals surface area contributed by atoms with E-state index >= 15 is 17.6 Å². The maximum absolute atomic E-state index is 16.0. The lowest BCUT2D eigenvalue weighted by Gasteiger charge is -2.24. The summed E-state index contributed by atoms with van der Waals surface area (Å²) in [7, 11) is 2.63. The van der Waals surface area contributed by atoms with Crippen LogP contribution in [0.15, 0.2) is 84.5 Å². The summed E-state index contributed by atoms with van der Waals surface area (Å²) in [5.41, 5.74) is -2.81. The van der Waals surface area contributed by atoms with E-state index in [1.807, 2.05) is 0 Å². The van der Waals surface area contributed by atoms with Gasteiger partial charge >= 0.3 is 0 Å². The predicted molar refractivity (Wildman–Crippen MR) is 150 cm³/mol. The summed E-state index contributed by atoms with van der Waals surface area (Å²) in [6, 6.07) is 11.8. The van der Waals surface area contributed by atoms with Gasteiger partial charge in [-0.25, -0.2) is 43.9 Å². The van der Waals surface area contributed by atoms with Gasteiger partial charge in [0, 0.05) is 0 Å². The Morgan fingerprint density at radius 3 is 1.13 bits per heavy atom. The number of halogens is 10. The third-order valence-corrected chi connectivity index (χ3v) is 8.03. The first-order valence-corrected chi connectivity index (χ1v) is 13.6. The Morgan fingerprint density at radius 1 is 0.489 bits per heavy atom. The lowest BCUT2D eigenvalue weighted by Crippen LogP contribution is -2.06. The Hall–Kier alpha value is -4.39. The van der Waals surface area contributed by atoms with Crippen molar-refractivity contribution >= 4 is 23.4 Å².